The van der Waals surface area contributed by atoms with E-state index < -0.39 is 5.79 Å². The summed E-state index contributed by atoms with van der Waals surface area (Å²) in [6.45, 7) is 3.92. The van der Waals surface area contributed by atoms with Gasteiger partial charge in [0.05, 0.1) is 6.10 Å². The molecule has 0 aromatic rings. The molecule has 3 nitrogen and oxygen atoms in total. The predicted octanol–water partition coefficient (Wildman–Crippen LogP) is 4.28. The Balaban J connectivity index is 2.58. The van der Waals surface area contributed by atoms with Crippen LogP contribution in [-0.2, 0) is 4.74 Å². The molecule has 0 bridgehead atoms. The van der Waals surface area contributed by atoms with Crippen LogP contribution in [-0.4, -0.2) is 28.7 Å². The molecule has 0 radical (unpaired) electrons. The van der Waals surface area contributed by atoms with Crippen molar-refractivity contribution in [3.8, 4) is 0 Å². The number of hydrogen-bond donors (Lipinski definition) is 2. The molecule has 1 aliphatic carbocycles. The van der Waals surface area contributed by atoms with Gasteiger partial charge in [0.25, 0.3) is 0 Å². The van der Waals surface area contributed by atoms with Crippen LogP contribution in [0.2, 0.25) is 0 Å². The summed E-state index contributed by atoms with van der Waals surface area (Å²) >= 11 is 6.09. The number of hydrogen-bond acceptors (Lipinski definition) is 3. The first-order chi connectivity index (χ1) is 10.0. The molecule has 0 aromatic heterocycles. The van der Waals surface area contributed by atoms with Gasteiger partial charge < -0.3 is 14.9 Å². The molecule has 0 spiro atoms. The van der Waals surface area contributed by atoms with Crippen LogP contribution in [0.25, 0.3) is 0 Å². The summed E-state index contributed by atoms with van der Waals surface area (Å²) in [6.07, 6.45) is 10.5. The molecule has 1 unspecified atom stereocenters. The first-order valence-corrected chi connectivity index (χ1v) is 8.37. The van der Waals surface area contributed by atoms with Crippen molar-refractivity contribution in [3.63, 3.8) is 0 Å². The fraction of sp³-hybridized carbons (Fsp3) is 0.765. The lowest BCUT2D eigenvalue weighted by Gasteiger charge is -2.35. The summed E-state index contributed by atoms with van der Waals surface area (Å²) in [7, 11) is 0. The van der Waals surface area contributed by atoms with Crippen molar-refractivity contribution in [1.29, 1.82) is 0 Å². The maximum atomic E-state index is 10.5. The molecule has 21 heavy (non-hydrogen) atoms. The lowest BCUT2D eigenvalue weighted by molar-refractivity contribution is -0.247. The molecular weight excluding hydrogens is 288 g/mol. The van der Waals surface area contributed by atoms with Crippen LogP contribution in [0.15, 0.2) is 22.8 Å². The Hall–Kier alpha value is -0.350. The van der Waals surface area contributed by atoms with E-state index in [1.165, 1.54) is 0 Å². The minimum atomic E-state index is -1.00. The van der Waals surface area contributed by atoms with E-state index in [1.54, 1.807) is 0 Å². The van der Waals surface area contributed by atoms with Crippen LogP contribution in [0.4, 0.5) is 0 Å². The monoisotopic (exact) mass is 316 g/mol. The van der Waals surface area contributed by atoms with Gasteiger partial charge in [0.2, 0.25) is 0 Å². The first-order valence-electron chi connectivity index (χ1n) is 8.00. The average Bonchev–Trinajstić information content (AvgIpc) is 2.43. The molecule has 1 rings (SSSR count). The number of aliphatic hydroxyl groups excluding tert-OH is 1. The van der Waals surface area contributed by atoms with Crippen molar-refractivity contribution in [3.05, 3.63) is 22.8 Å². The van der Waals surface area contributed by atoms with E-state index in [-0.39, 0.29) is 12.7 Å². The van der Waals surface area contributed by atoms with Crippen molar-refractivity contribution in [2.24, 2.45) is 0 Å². The van der Waals surface area contributed by atoms with E-state index in [0.717, 1.165) is 42.7 Å². The Labute approximate surface area is 133 Å². The molecule has 2 N–H and O–H groups in total. The highest BCUT2D eigenvalue weighted by Crippen LogP contribution is 2.32. The van der Waals surface area contributed by atoms with E-state index >= 15 is 0 Å². The Morgan fingerprint density at radius 2 is 1.95 bits per heavy atom. The summed E-state index contributed by atoms with van der Waals surface area (Å²) < 4.78 is 5.93. The van der Waals surface area contributed by atoms with E-state index in [4.69, 9.17) is 16.3 Å². The van der Waals surface area contributed by atoms with Gasteiger partial charge in [-0.25, -0.2) is 0 Å². The van der Waals surface area contributed by atoms with Crippen LogP contribution in [0, 0.1) is 0 Å². The molecular formula is C17H29ClO3. The lowest BCUT2D eigenvalue weighted by Crippen LogP contribution is -2.39. The quantitative estimate of drug-likeness (QED) is 0.519. The van der Waals surface area contributed by atoms with Gasteiger partial charge in [-0.1, -0.05) is 30.2 Å². The SMILES string of the molecule is CC=CC(CCC(CCO)OC1(O)CCCCC1)=C(C)Cl. The maximum absolute atomic E-state index is 10.5. The van der Waals surface area contributed by atoms with Crippen LogP contribution in [0.5, 0.6) is 0 Å². The average molecular weight is 317 g/mol. The zero-order chi connectivity index (χ0) is 15.7. The second-order valence-corrected chi connectivity index (χ2v) is 6.42. The van der Waals surface area contributed by atoms with Gasteiger partial charge in [0.15, 0.2) is 5.79 Å². The number of aliphatic hydroxyl groups is 2. The Bertz CT molecular complexity index is 353. The zero-order valence-corrected chi connectivity index (χ0v) is 14.0. The summed E-state index contributed by atoms with van der Waals surface area (Å²) in [5, 5.41) is 20.5. The molecule has 4 heteroatoms. The lowest BCUT2D eigenvalue weighted by atomic mass is 9.93. The number of allylic oxidation sites excluding steroid dienone is 4. The number of ether oxygens (including phenoxy) is 1. The molecule has 0 aromatic carbocycles. The molecule has 1 saturated carbocycles. The van der Waals surface area contributed by atoms with Crippen molar-refractivity contribution in [1.82, 2.24) is 0 Å². The van der Waals surface area contributed by atoms with E-state index in [2.05, 4.69) is 0 Å². The van der Waals surface area contributed by atoms with Crippen LogP contribution in [0.3, 0.4) is 0 Å². The third-order valence-corrected chi connectivity index (χ3v) is 4.26. The van der Waals surface area contributed by atoms with Gasteiger partial charge in [-0.15, -0.1) is 0 Å². The van der Waals surface area contributed by atoms with Crippen LogP contribution in [0.1, 0.15) is 65.2 Å². The first kappa shape index (κ1) is 18.7. The summed E-state index contributed by atoms with van der Waals surface area (Å²) in [5.74, 6) is -1.00. The van der Waals surface area contributed by atoms with E-state index in [0.29, 0.717) is 19.3 Å². The Kier molecular flexibility index (Phi) is 8.57. The molecule has 1 fully saturated rings. The third-order valence-electron chi connectivity index (χ3n) is 4.02. The number of rotatable bonds is 8. The fourth-order valence-electron chi connectivity index (χ4n) is 2.83. The normalized spacial score (nSPS) is 21.4. The molecule has 0 heterocycles. The number of halogens is 1. The highest BCUT2D eigenvalue weighted by atomic mass is 35.5. The van der Waals surface area contributed by atoms with Crippen LogP contribution < -0.4 is 0 Å². The highest BCUT2D eigenvalue weighted by Gasteiger charge is 2.32. The minimum Gasteiger partial charge on any atom is -0.396 e. The smallest absolute Gasteiger partial charge is 0.165 e. The fourth-order valence-corrected chi connectivity index (χ4v) is 2.98. The summed E-state index contributed by atoms with van der Waals surface area (Å²) in [4.78, 5) is 0. The molecule has 0 amide bonds. The second kappa shape index (κ2) is 9.62. The highest BCUT2D eigenvalue weighted by molar-refractivity contribution is 6.29. The third kappa shape index (κ3) is 6.96. The molecule has 0 aliphatic heterocycles. The summed E-state index contributed by atoms with van der Waals surface area (Å²) in [6, 6.07) is 0. The second-order valence-electron chi connectivity index (χ2n) is 5.86. The van der Waals surface area contributed by atoms with Gasteiger partial charge in [-0.05, 0) is 51.5 Å². The zero-order valence-electron chi connectivity index (χ0n) is 13.3. The maximum Gasteiger partial charge on any atom is 0.165 e. The molecule has 1 atom stereocenters. The van der Waals surface area contributed by atoms with Crippen molar-refractivity contribution in [2.45, 2.75) is 77.1 Å². The van der Waals surface area contributed by atoms with Gasteiger partial charge in [0, 0.05) is 24.5 Å². The Morgan fingerprint density at radius 1 is 1.29 bits per heavy atom. The largest absolute Gasteiger partial charge is 0.396 e. The molecule has 122 valence electrons. The van der Waals surface area contributed by atoms with Crippen LogP contribution >= 0.6 is 11.6 Å². The van der Waals surface area contributed by atoms with Crippen molar-refractivity contribution >= 4 is 11.6 Å². The Morgan fingerprint density at radius 3 is 2.48 bits per heavy atom. The van der Waals surface area contributed by atoms with Gasteiger partial charge in [-0.2, -0.15) is 0 Å². The minimum absolute atomic E-state index is 0.0727. The predicted molar refractivity (Wildman–Crippen MR) is 87.2 cm³/mol. The van der Waals surface area contributed by atoms with Gasteiger partial charge in [0.1, 0.15) is 0 Å². The molecule has 0 saturated heterocycles. The van der Waals surface area contributed by atoms with Gasteiger partial charge >= 0.3 is 0 Å². The molecule has 1 aliphatic rings. The topological polar surface area (TPSA) is 49.7 Å². The van der Waals surface area contributed by atoms with Gasteiger partial charge in [-0.3, -0.25) is 0 Å². The van der Waals surface area contributed by atoms with Crippen molar-refractivity contribution in [2.75, 3.05) is 6.61 Å². The van der Waals surface area contributed by atoms with Crippen molar-refractivity contribution < 1.29 is 14.9 Å². The van der Waals surface area contributed by atoms with E-state index in [9.17, 15) is 10.2 Å². The van der Waals surface area contributed by atoms with E-state index in [1.807, 2.05) is 26.0 Å². The summed E-state index contributed by atoms with van der Waals surface area (Å²) in [5.41, 5.74) is 1.08. The standard InChI is InChI=1S/C17H29ClO3/c1-3-7-15(14(2)18)8-9-16(10-13-19)21-17(20)11-5-4-6-12-17/h3,7,16,19-20H,4-6,8-13H2,1-2H3.